The van der Waals surface area contributed by atoms with Gasteiger partial charge in [0.25, 0.3) is 0 Å². The van der Waals surface area contributed by atoms with Crippen molar-refractivity contribution in [2.45, 2.75) is 12.6 Å². The van der Waals surface area contributed by atoms with Gasteiger partial charge in [-0.15, -0.1) is 0 Å². The Labute approximate surface area is 92.4 Å². The van der Waals surface area contributed by atoms with E-state index in [1.807, 2.05) is 12.1 Å². The van der Waals surface area contributed by atoms with Gasteiger partial charge in [-0.1, -0.05) is 17.7 Å². The Morgan fingerprint density at radius 3 is 3.13 bits per heavy atom. The van der Waals surface area contributed by atoms with Crippen molar-refractivity contribution in [1.82, 2.24) is 5.32 Å². The van der Waals surface area contributed by atoms with Crippen molar-refractivity contribution in [3.8, 4) is 0 Å². The molecule has 1 unspecified atom stereocenters. The molecular formula is C10H11ClN2O2. The van der Waals surface area contributed by atoms with E-state index in [0.717, 1.165) is 24.1 Å². The van der Waals surface area contributed by atoms with Crippen LogP contribution in [0.2, 0.25) is 5.02 Å². The van der Waals surface area contributed by atoms with Crippen molar-refractivity contribution in [3.05, 3.63) is 34.3 Å². The second-order valence-corrected chi connectivity index (χ2v) is 3.80. The predicted molar refractivity (Wildman–Crippen MR) is 56.6 cm³/mol. The number of carbonyl (C=O) groups is 1. The number of benzene rings is 1. The molecule has 1 aliphatic heterocycles. The van der Waals surface area contributed by atoms with Crippen LogP contribution in [0, 0.1) is 0 Å². The Bertz CT molecular complexity index is 395. The van der Waals surface area contributed by atoms with E-state index in [2.05, 4.69) is 5.32 Å². The molecule has 1 aliphatic rings. The number of halogens is 1. The minimum Gasteiger partial charge on any atom is -0.426 e. The fourth-order valence-corrected chi connectivity index (χ4v) is 1.89. The molecule has 2 rings (SSSR count). The van der Waals surface area contributed by atoms with E-state index in [4.69, 9.17) is 22.1 Å². The first kappa shape index (κ1) is 10.3. The highest BCUT2D eigenvalue weighted by Gasteiger charge is 2.22. The monoisotopic (exact) mass is 226 g/mol. The Hall–Kier alpha value is -1.26. The third-order valence-electron chi connectivity index (χ3n) is 2.35. The number of hydrogen-bond donors (Lipinski definition) is 2. The van der Waals surface area contributed by atoms with Crippen LogP contribution in [0.1, 0.15) is 17.4 Å². The summed E-state index contributed by atoms with van der Waals surface area (Å²) >= 11 is 5.88. The van der Waals surface area contributed by atoms with Gasteiger partial charge in [0.05, 0.1) is 0 Å². The van der Waals surface area contributed by atoms with E-state index < -0.39 is 12.3 Å². The van der Waals surface area contributed by atoms with E-state index >= 15 is 0 Å². The van der Waals surface area contributed by atoms with Gasteiger partial charge < -0.3 is 10.5 Å². The van der Waals surface area contributed by atoms with Crippen LogP contribution in [-0.2, 0) is 11.2 Å². The number of carbonyl (C=O) groups excluding carboxylic acids is 1. The first-order valence-electron chi connectivity index (χ1n) is 4.64. The van der Waals surface area contributed by atoms with E-state index in [0.29, 0.717) is 5.02 Å². The van der Waals surface area contributed by atoms with Crippen molar-refractivity contribution in [2.75, 3.05) is 6.54 Å². The number of nitrogens with one attached hydrogen (secondary N) is 1. The average molecular weight is 227 g/mol. The number of primary amides is 1. The zero-order valence-electron chi connectivity index (χ0n) is 8.00. The van der Waals surface area contributed by atoms with Gasteiger partial charge in [0.2, 0.25) is 0 Å². The molecule has 1 heterocycles. The SMILES string of the molecule is NC(=O)OC1NCCc2ccc(Cl)cc21. The molecule has 80 valence electrons. The highest BCUT2D eigenvalue weighted by atomic mass is 35.5. The second kappa shape index (κ2) is 4.08. The van der Waals surface area contributed by atoms with E-state index in [9.17, 15) is 4.79 Å². The summed E-state index contributed by atoms with van der Waals surface area (Å²) in [6.45, 7) is 0.757. The van der Waals surface area contributed by atoms with E-state index in [-0.39, 0.29) is 0 Å². The van der Waals surface area contributed by atoms with Crippen LogP contribution in [0.25, 0.3) is 0 Å². The van der Waals surface area contributed by atoms with Gasteiger partial charge in [0.15, 0.2) is 6.23 Å². The summed E-state index contributed by atoms with van der Waals surface area (Å²) in [6, 6.07) is 5.56. The number of ether oxygens (including phenoxy) is 1. The van der Waals surface area contributed by atoms with Crippen LogP contribution in [0.3, 0.4) is 0 Å². The van der Waals surface area contributed by atoms with Crippen LogP contribution in [0.15, 0.2) is 18.2 Å². The molecule has 1 aromatic carbocycles. The average Bonchev–Trinajstić information content (AvgIpc) is 2.18. The maximum Gasteiger partial charge on any atom is 0.406 e. The summed E-state index contributed by atoms with van der Waals surface area (Å²) in [5.41, 5.74) is 7.00. The maximum atomic E-state index is 10.7. The molecule has 5 heteroatoms. The standard InChI is InChI=1S/C10H11ClN2O2/c11-7-2-1-6-3-4-13-9(8(6)5-7)15-10(12)14/h1-2,5,9,13H,3-4H2,(H2,12,14). The van der Waals surface area contributed by atoms with E-state index in [1.54, 1.807) is 6.07 Å². The first-order valence-corrected chi connectivity index (χ1v) is 5.02. The van der Waals surface area contributed by atoms with Crippen LogP contribution in [0.4, 0.5) is 4.79 Å². The number of hydrogen-bond acceptors (Lipinski definition) is 3. The van der Waals surface area contributed by atoms with Crippen LogP contribution >= 0.6 is 11.6 Å². The molecule has 1 atom stereocenters. The molecule has 0 saturated carbocycles. The summed E-state index contributed by atoms with van der Waals surface area (Å²) in [7, 11) is 0. The number of rotatable bonds is 1. The van der Waals surface area contributed by atoms with Gasteiger partial charge in [-0.05, 0) is 24.1 Å². The predicted octanol–water partition coefficient (Wildman–Crippen LogP) is 1.58. The molecule has 3 N–H and O–H groups in total. The Morgan fingerprint density at radius 2 is 2.40 bits per heavy atom. The molecule has 0 aliphatic carbocycles. The van der Waals surface area contributed by atoms with Crippen molar-refractivity contribution < 1.29 is 9.53 Å². The van der Waals surface area contributed by atoms with Gasteiger partial charge >= 0.3 is 6.09 Å². The molecular weight excluding hydrogens is 216 g/mol. The van der Waals surface area contributed by atoms with Crippen molar-refractivity contribution in [2.24, 2.45) is 5.73 Å². The largest absolute Gasteiger partial charge is 0.426 e. The van der Waals surface area contributed by atoms with Gasteiger partial charge in [-0.2, -0.15) is 0 Å². The molecule has 0 saturated heterocycles. The Kier molecular flexibility index (Phi) is 2.79. The number of amides is 1. The third-order valence-corrected chi connectivity index (χ3v) is 2.58. The van der Waals surface area contributed by atoms with Crippen molar-refractivity contribution in [1.29, 1.82) is 0 Å². The molecule has 0 radical (unpaired) electrons. The third kappa shape index (κ3) is 2.22. The first-order chi connectivity index (χ1) is 7.16. The second-order valence-electron chi connectivity index (χ2n) is 3.36. The molecule has 0 bridgehead atoms. The molecule has 15 heavy (non-hydrogen) atoms. The van der Waals surface area contributed by atoms with Gasteiger partial charge in [0.1, 0.15) is 0 Å². The van der Waals surface area contributed by atoms with E-state index in [1.165, 1.54) is 0 Å². The molecule has 0 spiro atoms. The molecule has 4 nitrogen and oxygen atoms in total. The normalized spacial score (nSPS) is 19.4. The summed E-state index contributed by atoms with van der Waals surface area (Å²) in [5, 5.41) is 3.67. The maximum absolute atomic E-state index is 10.7. The quantitative estimate of drug-likeness (QED) is 0.764. The fourth-order valence-electron chi connectivity index (χ4n) is 1.71. The fraction of sp³-hybridized carbons (Fsp3) is 0.300. The zero-order chi connectivity index (χ0) is 10.8. The summed E-state index contributed by atoms with van der Waals surface area (Å²) in [5.74, 6) is 0. The number of nitrogens with two attached hydrogens (primary N) is 1. The van der Waals surface area contributed by atoms with Crippen LogP contribution < -0.4 is 11.1 Å². The highest BCUT2D eigenvalue weighted by molar-refractivity contribution is 6.30. The molecule has 1 aromatic rings. The van der Waals surface area contributed by atoms with Gasteiger partial charge in [0, 0.05) is 17.1 Å². The van der Waals surface area contributed by atoms with Crippen molar-refractivity contribution in [3.63, 3.8) is 0 Å². The zero-order valence-corrected chi connectivity index (χ0v) is 8.75. The topological polar surface area (TPSA) is 64.4 Å². The van der Waals surface area contributed by atoms with Crippen molar-refractivity contribution >= 4 is 17.7 Å². The highest BCUT2D eigenvalue weighted by Crippen LogP contribution is 2.26. The molecule has 0 aromatic heterocycles. The molecule has 1 amide bonds. The van der Waals surface area contributed by atoms with Gasteiger partial charge in [-0.25, -0.2) is 4.79 Å². The van der Waals surface area contributed by atoms with Crippen LogP contribution in [0.5, 0.6) is 0 Å². The lowest BCUT2D eigenvalue weighted by Gasteiger charge is -2.26. The molecule has 0 fully saturated rings. The summed E-state index contributed by atoms with van der Waals surface area (Å²) in [4.78, 5) is 10.7. The lowest BCUT2D eigenvalue weighted by atomic mass is 10.00. The summed E-state index contributed by atoms with van der Waals surface area (Å²) in [6.07, 6.45) is -0.379. The number of fused-ring (bicyclic) bond motifs is 1. The lowest BCUT2D eigenvalue weighted by Crippen LogP contribution is -2.34. The Balaban J connectivity index is 2.32. The van der Waals surface area contributed by atoms with Gasteiger partial charge in [-0.3, -0.25) is 5.32 Å². The Morgan fingerprint density at radius 1 is 1.60 bits per heavy atom. The summed E-state index contributed by atoms with van der Waals surface area (Å²) < 4.78 is 4.94. The smallest absolute Gasteiger partial charge is 0.406 e. The lowest BCUT2D eigenvalue weighted by molar-refractivity contribution is 0.0816. The minimum atomic E-state index is -0.791. The van der Waals surface area contributed by atoms with Crippen LogP contribution in [-0.4, -0.2) is 12.6 Å². The minimum absolute atomic E-state index is 0.482.